The van der Waals surface area contributed by atoms with E-state index in [-0.39, 0.29) is 30.1 Å². The first kappa shape index (κ1) is 36.6. The largest absolute Gasteiger partial charge is 0.480 e. The minimum absolute atomic E-state index is 0.0151. The maximum absolute atomic E-state index is 13.3. The molecule has 4 amide bonds. The fourth-order valence-electron chi connectivity index (χ4n) is 7.34. The highest BCUT2D eigenvalue weighted by molar-refractivity contribution is 5.93. The van der Waals surface area contributed by atoms with Gasteiger partial charge in [0.05, 0.1) is 18.6 Å². The van der Waals surface area contributed by atoms with Crippen LogP contribution in [0.1, 0.15) is 73.1 Å². The molecule has 0 radical (unpaired) electrons. The number of amides is 4. The molecule has 4 rings (SSSR count). The standard InChI is InChI=1S/C33H52N4O10/c1-19(2)10-11-24-32(5,47-24)28-27(44-7)23(12-13-33(28)18-45-33)46-31(43)34-16-25(38)37-14-8-9-22(37)29(41)35-21(15-20(3)4)30(42)36(6)17-26(39)40/h10,20-24,27-28H,8-9,11-18H2,1-7H3,(H,34,43)(H,35,41)(H,39,40)/t21-,22-,23+,24+,27+,28+,32-,33-/m0/s1. The van der Waals surface area contributed by atoms with Gasteiger partial charge < -0.3 is 44.5 Å². The number of likely N-dealkylation sites (N-methyl/N-ethyl adjacent to an activating group) is 1. The van der Waals surface area contributed by atoms with Gasteiger partial charge in [0.2, 0.25) is 17.7 Å². The van der Waals surface area contributed by atoms with Gasteiger partial charge in [0.15, 0.2) is 0 Å². The lowest BCUT2D eigenvalue weighted by molar-refractivity contribution is -0.145. The van der Waals surface area contributed by atoms with Crippen molar-refractivity contribution in [2.45, 2.75) is 115 Å². The number of aliphatic carboxylic acids is 1. The molecule has 0 aromatic rings. The minimum atomic E-state index is -1.16. The molecule has 4 fully saturated rings. The summed E-state index contributed by atoms with van der Waals surface area (Å²) >= 11 is 0. The Hall–Kier alpha value is -3.23. The highest BCUT2D eigenvalue weighted by atomic mass is 16.6. The zero-order valence-electron chi connectivity index (χ0n) is 28.7. The number of nitrogens with one attached hydrogen (secondary N) is 2. The number of nitrogens with zero attached hydrogens (tertiary/aromatic N) is 2. The molecule has 14 heteroatoms. The molecule has 0 bridgehead atoms. The third-order valence-corrected chi connectivity index (χ3v) is 9.83. The molecule has 47 heavy (non-hydrogen) atoms. The number of carbonyl (C=O) groups excluding carboxylic acids is 4. The molecule has 3 heterocycles. The predicted octanol–water partition coefficient (Wildman–Crippen LogP) is 1.85. The number of carboxylic acids is 1. The maximum Gasteiger partial charge on any atom is 0.407 e. The average molecular weight is 665 g/mol. The second kappa shape index (κ2) is 14.9. The molecule has 1 spiro atoms. The number of carbonyl (C=O) groups is 5. The predicted molar refractivity (Wildman–Crippen MR) is 169 cm³/mol. The van der Waals surface area contributed by atoms with Crippen LogP contribution in [0.5, 0.6) is 0 Å². The first-order valence-corrected chi connectivity index (χ1v) is 16.6. The number of allylic oxidation sites excluding steroid dienone is 1. The van der Waals surface area contributed by atoms with E-state index in [2.05, 4.69) is 23.6 Å². The Bertz CT molecular complexity index is 1230. The second-order valence-electron chi connectivity index (χ2n) is 14.2. The van der Waals surface area contributed by atoms with Crippen LogP contribution in [0.25, 0.3) is 0 Å². The number of rotatable bonds is 14. The van der Waals surface area contributed by atoms with E-state index in [9.17, 15) is 24.0 Å². The van der Waals surface area contributed by atoms with Gasteiger partial charge in [-0.2, -0.15) is 0 Å². The number of hydrogen-bond donors (Lipinski definition) is 3. The van der Waals surface area contributed by atoms with E-state index in [1.165, 1.54) is 17.5 Å². The Morgan fingerprint density at radius 3 is 2.47 bits per heavy atom. The van der Waals surface area contributed by atoms with Gasteiger partial charge in [-0.15, -0.1) is 0 Å². The Morgan fingerprint density at radius 1 is 1.17 bits per heavy atom. The van der Waals surface area contributed by atoms with Crippen molar-refractivity contribution in [1.29, 1.82) is 0 Å². The molecule has 8 atom stereocenters. The highest BCUT2D eigenvalue weighted by Crippen LogP contribution is 2.59. The molecule has 3 saturated heterocycles. The van der Waals surface area contributed by atoms with E-state index < -0.39 is 66.2 Å². The molecule has 3 aliphatic heterocycles. The molecule has 0 aromatic carbocycles. The Labute approximate surface area is 276 Å². The van der Waals surface area contributed by atoms with Crippen LogP contribution in [0.2, 0.25) is 0 Å². The van der Waals surface area contributed by atoms with Gasteiger partial charge in [-0.3, -0.25) is 19.2 Å². The van der Waals surface area contributed by atoms with Crippen LogP contribution in [0.3, 0.4) is 0 Å². The Kier molecular flexibility index (Phi) is 11.6. The lowest BCUT2D eigenvalue weighted by Crippen LogP contribution is -2.56. The van der Waals surface area contributed by atoms with Crippen LogP contribution in [-0.2, 0) is 38.1 Å². The zero-order valence-corrected chi connectivity index (χ0v) is 28.7. The van der Waals surface area contributed by atoms with E-state index in [0.717, 1.165) is 11.3 Å². The van der Waals surface area contributed by atoms with Crippen molar-refractivity contribution in [1.82, 2.24) is 20.4 Å². The van der Waals surface area contributed by atoms with E-state index >= 15 is 0 Å². The van der Waals surface area contributed by atoms with Crippen molar-refractivity contribution >= 4 is 29.8 Å². The van der Waals surface area contributed by atoms with Crippen LogP contribution in [-0.4, -0.2) is 127 Å². The molecule has 4 aliphatic rings. The number of methoxy groups -OCH3 is 1. The summed E-state index contributed by atoms with van der Waals surface area (Å²) in [6, 6.07) is -1.76. The van der Waals surface area contributed by atoms with Crippen LogP contribution in [0.15, 0.2) is 11.6 Å². The summed E-state index contributed by atoms with van der Waals surface area (Å²) in [7, 11) is 2.96. The lowest BCUT2D eigenvalue weighted by atomic mass is 9.68. The Balaban J connectivity index is 1.32. The van der Waals surface area contributed by atoms with Crippen LogP contribution >= 0.6 is 0 Å². The molecule has 1 saturated carbocycles. The first-order valence-electron chi connectivity index (χ1n) is 16.6. The third-order valence-electron chi connectivity index (χ3n) is 9.83. The molecular weight excluding hydrogens is 612 g/mol. The average Bonchev–Trinajstić information content (AvgIpc) is 3.84. The molecule has 1 aliphatic carbocycles. The molecular formula is C33H52N4O10. The van der Waals surface area contributed by atoms with Gasteiger partial charge in [0.1, 0.15) is 48.6 Å². The topological polar surface area (TPSA) is 180 Å². The smallest absolute Gasteiger partial charge is 0.407 e. The molecule has 264 valence electrons. The highest BCUT2D eigenvalue weighted by Gasteiger charge is 2.72. The summed E-state index contributed by atoms with van der Waals surface area (Å²) in [4.78, 5) is 66.0. The SMILES string of the molecule is CO[C@@H]1[C@H](OC(=O)NCC(=O)N2CCC[C@H]2C(=O)N[C@@H](CC(C)C)C(=O)N(C)CC(=O)O)CC[C@]2(CO2)[C@H]1[C@@]1(C)O[C@@H]1CC=C(C)C. The van der Waals surface area contributed by atoms with Crippen molar-refractivity contribution in [3.05, 3.63) is 11.6 Å². The molecule has 14 nitrogen and oxygen atoms in total. The van der Waals surface area contributed by atoms with Gasteiger partial charge in [-0.25, -0.2) is 4.79 Å². The van der Waals surface area contributed by atoms with Crippen LogP contribution in [0.4, 0.5) is 4.79 Å². The minimum Gasteiger partial charge on any atom is -0.480 e. The maximum atomic E-state index is 13.3. The monoisotopic (exact) mass is 664 g/mol. The summed E-state index contributed by atoms with van der Waals surface area (Å²) in [5.74, 6) is -2.72. The van der Waals surface area contributed by atoms with Crippen LogP contribution < -0.4 is 10.6 Å². The quantitative estimate of drug-likeness (QED) is 0.183. The number of carboxylic acid groups (broad SMARTS) is 1. The van der Waals surface area contributed by atoms with Gasteiger partial charge >= 0.3 is 12.1 Å². The summed E-state index contributed by atoms with van der Waals surface area (Å²) in [6.45, 7) is 10.0. The number of alkyl carbamates (subject to hydrolysis) is 1. The van der Waals surface area contributed by atoms with Gasteiger partial charge in [-0.05, 0) is 65.2 Å². The van der Waals surface area contributed by atoms with Crippen molar-refractivity contribution in [3.63, 3.8) is 0 Å². The van der Waals surface area contributed by atoms with Crippen molar-refractivity contribution in [2.24, 2.45) is 11.8 Å². The van der Waals surface area contributed by atoms with Gasteiger partial charge in [0, 0.05) is 20.7 Å². The number of ether oxygens (including phenoxy) is 4. The normalized spacial score (nSPS) is 31.6. The van der Waals surface area contributed by atoms with E-state index in [0.29, 0.717) is 45.3 Å². The van der Waals surface area contributed by atoms with Gasteiger partial charge in [0.25, 0.3) is 0 Å². The molecule has 0 aromatic heterocycles. The van der Waals surface area contributed by atoms with Crippen molar-refractivity contribution < 1.29 is 48.0 Å². The Morgan fingerprint density at radius 2 is 1.87 bits per heavy atom. The fourth-order valence-corrected chi connectivity index (χ4v) is 7.34. The van der Waals surface area contributed by atoms with Crippen LogP contribution in [0, 0.1) is 11.8 Å². The summed E-state index contributed by atoms with van der Waals surface area (Å²) < 4.78 is 23.9. The van der Waals surface area contributed by atoms with E-state index in [4.69, 9.17) is 24.1 Å². The van der Waals surface area contributed by atoms with E-state index in [1.807, 2.05) is 27.7 Å². The van der Waals surface area contributed by atoms with Gasteiger partial charge in [-0.1, -0.05) is 25.5 Å². The lowest BCUT2D eigenvalue weighted by Gasteiger charge is -2.42. The fraction of sp³-hybridized carbons (Fsp3) is 0.788. The van der Waals surface area contributed by atoms with Crippen molar-refractivity contribution in [3.8, 4) is 0 Å². The number of likely N-dealkylation sites (tertiary alicyclic amines) is 1. The number of epoxide rings is 2. The second-order valence-corrected chi connectivity index (χ2v) is 14.2. The van der Waals surface area contributed by atoms with E-state index in [1.54, 1.807) is 7.11 Å². The summed E-state index contributed by atoms with van der Waals surface area (Å²) in [6.07, 6.45) is 3.67. The first-order chi connectivity index (χ1) is 22.1. The number of hydrogen-bond acceptors (Lipinski definition) is 9. The summed E-state index contributed by atoms with van der Waals surface area (Å²) in [5, 5.41) is 14.4. The third kappa shape index (κ3) is 8.63. The van der Waals surface area contributed by atoms with Crippen molar-refractivity contribution in [2.75, 3.05) is 40.4 Å². The zero-order chi connectivity index (χ0) is 34.7. The summed E-state index contributed by atoms with van der Waals surface area (Å²) in [5.41, 5.74) is 0.372. The molecule has 0 unspecified atom stereocenters. The molecule has 3 N–H and O–H groups in total.